The summed E-state index contributed by atoms with van der Waals surface area (Å²) in [6.07, 6.45) is 7.14. The molecular weight excluding hydrogens is 252 g/mol. The van der Waals surface area contributed by atoms with Crippen molar-refractivity contribution >= 4 is 5.91 Å². The summed E-state index contributed by atoms with van der Waals surface area (Å²) >= 11 is 0. The number of hydrogen-bond acceptors (Lipinski definition) is 3. The molecule has 2 saturated heterocycles. The van der Waals surface area contributed by atoms with E-state index in [9.17, 15) is 4.79 Å². The Balaban J connectivity index is 1.40. The molecule has 3 rings (SSSR count). The van der Waals surface area contributed by atoms with Gasteiger partial charge >= 0.3 is 0 Å². The molecule has 1 aliphatic carbocycles. The first kappa shape index (κ1) is 14.3. The monoisotopic (exact) mass is 280 g/mol. The molecule has 0 N–H and O–H groups in total. The van der Waals surface area contributed by atoms with Gasteiger partial charge in [0.2, 0.25) is 5.91 Å². The lowest BCUT2D eigenvalue weighted by Crippen LogP contribution is -2.41. The number of amides is 1. The molecule has 1 amide bonds. The highest BCUT2D eigenvalue weighted by Crippen LogP contribution is 2.28. The van der Waals surface area contributed by atoms with Crippen LogP contribution in [0.2, 0.25) is 0 Å². The zero-order valence-corrected chi connectivity index (χ0v) is 12.6. The first-order valence-electron chi connectivity index (χ1n) is 8.42. The van der Waals surface area contributed by atoms with Crippen LogP contribution in [0.4, 0.5) is 0 Å². The fourth-order valence-electron chi connectivity index (χ4n) is 3.50. The van der Waals surface area contributed by atoms with Crippen LogP contribution in [0.3, 0.4) is 0 Å². The Hall–Kier alpha value is -0.610. The standard InChI is InChI=1S/C16H28N2O2/c19-16(15-3-1-4-15)18-8-2-7-17(10-11-18)9-5-14-6-12-20-13-14/h14-15H,1-13H2. The Morgan fingerprint density at radius 1 is 1.05 bits per heavy atom. The number of nitrogens with zero attached hydrogens (tertiary/aromatic N) is 2. The van der Waals surface area contributed by atoms with Gasteiger partial charge in [0.1, 0.15) is 0 Å². The first-order valence-corrected chi connectivity index (χ1v) is 8.42. The predicted octanol–water partition coefficient (Wildman–Crippen LogP) is 1.75. The number of rotatable bonds is 4. The summed E-state index contributed by atoms with van der Waals surface area (Å²) in [5.41, 5.74) is 0. The average Bonchev–Trinajstić information content (AvgIpc) is 2.79. The lowest BCUT2D eigenvalue weighted by molar-refractivity contribution is -0.138. The fourth-order valence-corrected chi connectivity index (χ4v) is 3.50. The molecule has 1 unspecified atom stereocenters. The zero-order chi connectivity index (χ0) is 13.8. The van der Waals surface area contributed by atoms with Crippen molar-refractivity contribution in [3.63, 3.8) is 0 Å². The van der Waals surface area contributed by atoms with Crippen molar-refractivity contribution in [2.45, 2.75) is 38.5 Å². The molecule has 0 spiro atoms. The second kappa shape index (κ2) is 6.90. The Bertz CT molecular complexity index is 324. The Labute approximate surface area is 122 Å². The van der Waals surface area contributed by atoms with Crippen LogP contribution < -0.4 is 0 Å². The molecule has 0 aromatic carbocycles. The maximum atomic E-state index is 12.3. The van der Waals surface area contributed by atoms with Gasteiger partial charge in [-0.15, -0.1) is 0 Å². The first-order chi connectivity index (χ1) is 9.83. The van der Waals surface area contributed by atoms with Gasteiger partial charge in [0, 0.05) is 38.8 Å². The summed E-state index contributed by atoms with van der Waals surface area (Å²) in [5, 5.41) is 0. The minimum atomic E-state index is 0.359. The van der Waals surface area contributed by atoms with E-state index in [0.717, 1.165) is 64.6 Å². The van der Waals surface area contributed by atoms with Crippen LogP contribution in [0.15, 0.2) is 0 Å². The van der Waals surface area contributed by atoms with Gasteiger partial charge in [0.25, 0.3) is 0 Å². The summed E-state index contributed by atoms with van der Waals surface area (Å²) in [6.45, 7) is 7.22. The van der Waals surface area contributed by atoms with E-state index in [0.29, 0.717) is 11.8 Å². The van der Waals surface area contributed by atoms with Crippen molar-refractivity contribution in [1.82, 2.24) is 9.80 Å². The molecule has 2 aliphatic heterocycles. The highest BCUT2D eigenvalue weighted by molar-refractivity contribution is 5.79. The van der Waals surface area contributed by atoms with E-state index in [1.54, 1.807) is 0 Å². The van der Waals surface area contributed by atoms with Gasteiger partial charge in [0.15, 0.2) is 0 Å². The summed E-state index contributed by atoms with van der Waals surface area (Å²) in [4.78, 5) is 17.0. The summed E-state index contributed by atoms with van der Waals surface area (Å²) in [5.74, 6) is 1.56. The summed E-state index contributed by atoms with van der Waals surface area (Å²) in [7, 11) is 0. The molecule has 0 aromatic rings. The Morgan fingerprint density at radius 2 is 1.95 bits per heavy atom. The van der Waals surface area contributed by atoms with Crippen molar-refractivity contribution in [3.8, 4) is 0 Å². The van der Waals surface area contributed by atoms with E-state index >= 15 is 0 Å². The van der Waals surface area contributed by atoms with Crippen molar-refractivity contribution in [2.24, 2.45) is 11.8 Å². The van der Waals surface area contributed by atoms with Gasteiger partial charge in [-0.3, -0.25) is 4.79 Å². The van der Waals surface area contributed by atoms with Crippen molar-refractivity contribution in [3.05, 3.63) is 0 Å². The minimum absolute atomic E-state index is 0.359. The molecule has 1 saturated carbocycles. The van der Waals surface area contributed by atoms with Crippen molar-refractivity contribution in [2.75, 3.05) is 45.9 Å². The topological polar surface area (TPSA) is 32.8 Å². The lowest BCUT2D eigenvalue weighted by atomic mass is 9.84. The maximum absolute atomic E-state index is 12.3. The van der Waals surface area contributed by atoms with Gasteiger partial charge in [-0.1, -0.05) is 6.42 Å². The highest BCUT2D eigenvalue weighted by atomic mass is 16.5. The van der Waals surface area contributed by atoms with E-state index in [1.165, 1.54) is 25.8 Å². The number of hydrogen-bond donors (Lipinski definition) is 0. The predicted molar refractivity (Wildman–Crippen MR) is 78.5 cm³/mol. The molecule has 20 heavy (non-hydrogen) atoms. The molecule has 0 aromatic heterocycles. The van der Waals surface area contributed by atoms with Crippen LogP contribution in [0.25, 0.3) is 0 Å². The third-order valence-corrected chi connectivity index (χ3v) is 5.23. The zero-order valence-electron chi connectivity index (χ0n) is 12.6. The van der Waals surface area contributed by atoms with Crippen LogP contribution in [0.5, 0.6) is 0 Å². The fraction of sp³-hybridized carbons (Fsp3) is 0.938. The van der Waals surface area contributed by atoms with Crippen molar-refractivity contribution in [1.29, 1.82) is 0 Å². The average molecular weight is 280 g/mol. The SMILES string of the molecule is O=C(C1CCC1)N1CCCN(CCC2CCOC2)CC1. The van der Waals surface area contributed by atoms with Crippen LogP contribution in [0, 0.1) is 11.8 Å². The minimum Gasteiger partial charge on any atom is -0.381 e. The van der Waals surface area contributed by atoms with Crippen LogP contribution in [0.1, 0.15) is 38.5 Å². The van der Waals surface area contributed by atoms with E-state index in [1.807, 2.05) is 0 Å². The third-order valence-electron chi connectivity index (χ3n) is 5.23. The van der Waals surface area contributed by atoms with E-state index < -0.39 is 0 Å². The van der Waals surface area contributed by atoms with Crippen LogP contribution in [-0.2, 0) is 9.53 Å². The maximum Gasteiger partial charge on any atom is 0.225 e. The van der Waals surface area contributed by atoms with E-state index in [2.05, 4.69) is 9.80 Å². The van der Waals surface area contributed by atoms with Crippen LogP contribution in [-0.4, -0.2) is 61.6 Å². The van der Waals surface area contributed by atoms with E-state index in [4.69, 9.17) is 4.74 Å². The summed E-state index contributed by atoms with van der Waals surface area (Å²) < 4.78 is 5.44. The van der Waals surface area contributed by atoms with Gasteiger partial charge in [-0.05, 0) is 51.1 Å². The Morgan fingerprint density at radius 3 is 2.65 bits per heavy atom. The van der Waals surface area contributed by atoms with Gasteiger partial charge < -0.3 is 14.5 Å². The molecule has 3 aliphatic rings. The Kier molecular flexibility index (Phi) is 4.94. The number of carbonyl (C=O) groups is 1. The smallest absolute Gasteiger partial charge is 0.225 e. The molecule has 0 bridgehead atoms. The lowest BCUT2D eigenvalue weighted by Gasteiger charge is -2.31. The molecule has 3 fully saturated rings. The molecule has 4 nitrogen and oxygen atoms in total. The van der Waals surface area contributed by atoms with Gasteiger partial charge in [0.05, 0.1) is 0 Å². The van der Waals surface area contributed by atoms with Crippen LogP contribution >= 0.6 is 0 Å². The number of ether oxygens (including phenoxy) is 1. The highest BCUT2D eigenvalue weighted by Gasteiger charge is 2.30. The summed E-state index contributed by atoms with van der Waals surface area (Å²) in [6, 6.07) is 0. The number of carbonyl (C=O) groups excluding carboxylic acids is 1. The molecule has 1 atom stereocenters. The quantitative estimate of drug-likeness (QED) is 0.786. The van der Waals surface area contributed by atoms with Gasteiger partial charge in [-0.25, -0.2) is 0 Å². The van der Waals surface area contributed by atoms with Gasteiger partial charge in [-0.2, -0.15) is 0 Å². The largest absolute Gasteiger partial charge is 0.381 e. The second-order valence-corrected chi connectivity index (χ2v) is 6.67. The van der Waals surface area contributed by atoms with Crippen molar-refractivity contribution < 1.29 is 9.53 Å². The molecule has 114 valence electrons. The molecule has 4 heteroatoms. The molecule has 0 radical (unpaired) electrons. The normalized spacial score (nSPS) is 29.2. The second-order valence-electron chi connectivity index (χ2n) is 6.67. The molecule has 2 heterocycles. The molecular formula is C16H28N2O2. The third kappa shape index (κ3) is 3.53. The van der Waals surface area contributed by atoms with E-state index in [-0.39, 0.29) is 0 Å².